The monoisotopic (exact) mass is 366 g/mol. The van der Waals surface area contributed by atoms with Gasteiger partial charge in [0.15, 0.2) is 0 Å². The Labute approximate surface area is 157 Å². The first-order valence-electron chi connectivity index (χ1n) is 8.70. The Morgan fingerprint density at radius 2 is 1.85 bits per heavy atom. The van der Waals surface area contributed by atoms with Gasteiger partial charge in [0.2, 0.25) is 0 Å². The Kier molecular flexibility index (Phi) is 4.70. The summed E-state index contributed by atoms with van der Waals surface area (Å²) in [6.07, 6.45) is 0. The van der Waals surface area contributed by atoms with E-state index in [1.165, 1.54) is 12.1 Å². The number of aromatic amines is 1. The highest BCUT2D eigenvalue weighted by atomic mass is 16.6. The molecule has 7 heteroatoms. The Morgan fingerprint density at radius 1 is 1.19 bits per heavy atom. The molecule has 0 radical (unpaired) electrons. The van der Waals surface area contributed by atoms with Crippen LogP contribution in [0.2, 0.25) is 0 Å². The summed E-state index contributed by atoms with van der Waals surface area (Å²) < 4.78 is 0. The first kappa shape index (κ1) is 18.6. The number of hydrogen-bond donors (Lipinski definition) is 2. The number of benzene rings is 2. The molecule has 1 heterocycles. The van der Waals surface area contributed by atoms with E-state index in [1.807, 2.05) is 31.2 Å². The Bertz CT molecular complexity index is 1000. The van der Waals surface area contributed by atoms with E-state index in [0.717, 1.165) is 5.56 Å². The van der Waals surface area contributed by atoms with Crippen LogP contribution < -0.4 is 5.32 Å². The van der Waals surface area contributed by atoms with Gasteiger partial charge in [-0.2, -0.15) is 0 Å². The molecule has 0 bridgehead atoms. The highest BCUT2D eigenvalue weighted by molar-refractivity contribution is 5.94. The number of aromatic nitrogens is 2. The zero-order valence-electron chi connectivity index (χ0n) is 15.7. The smallest absolute Gasteiger partial charge is 0.271 e. The highest BCUT2D eigenvalue weighted by Gasteiger charge is 2.18. The third kappa shape index (κ3) is 3.97. The molecule has 2 N–H and O–H groups in total. The normalized spacial score (nSPS) is 12.7. The number of nitro benzene ring substituents is 1. The Hall–Kier alpha value is -3.22. The quantitative estimate of drug-likeness (QED) is 0.532. The summed E-state index contributed by atoms with van der Waals surface area (Å²) in [7, 11) is 0. The molecule has 2 aromatic carbocycles. The van der Waals surface area contributed by atoms with Crippen LogP contribution in [0.3, 0.4) is 0 Å². The number of fused-ring (bicyclic) bond motifs is 1. The molecule has 0 aliphatic rings. The minimum Gasteiger partial charge on any atom is -0.342 e. The number of carbonyl (C=O) groups is 1. The Morgan fingerprint density at radius 3 is 2.44 bits per heavy atom. The molecule has 7 nitrogen and oxygen atoms in total. The van der Waals surface area contributed by atoms with Gasteiger partial charge in [0, 0.05) is 17.7 Å². The number of carbonyl (C=O) groups excluding carboxylic acids is 1. The van der Waals surface area contributed by atoms with Gasteiger partial charge in [-0.1, -0.05) is 32.9 Å². The predicted octanol–water partition coefficient (Wildman–Crippen LogP) is 4.26. The maximum atomic E-state index is 12.5. The van der Waals surface area contributed by atoms with Crippen LogP contribution in [0.4, 0.5) is 5.69 Å². The van der Waals surface area contributed by atoms with Crippen molar-refractivity contribution >= 4 is 22.6 Å². The highest BCUT2D eigenvalue weighted by Crippen LogP contribution is 2.23. The average molecular weight is 366 g/mol. The predicted molar refractivity (Wildman–Crippen MR) is 104 cm³/mol. The number of non-ortho nitro benzene ring substituents is 1. The van der Waals surface area contributed by atoms with Crippen LogP contribution in [0, 0.1) is 10.1 Å². The van der Waals surface area contributed by atoms with E-state index in [1.54, 1.807) is 6.07 Å². The lowest BCUT2D eigenvalue weighted by molar-refractivity contribution is -0.384. The molecule has 0 saturated heterocycles. The minimum atomic E-state index is -0.452. The number of H-pyrrole nitrogens is 1. The van der Waals surface area contributed by atoms with Gasteiger partial charge in [-0.15, -0.1) is 0 Å². The van der Waals surface area contributed by atoms with Crippen LogP contribution >= 0.6 is 0 Å². The third-order valence-corrected chi connectivity index (χ3v) is 4.47. The van der Waals surface area contributed by atoms with E-state index >= 15 is 0 Å². The summed E-state index contributed by atoms with van der Waals surface area (Å²) in [6.45, 7) is 8.18. The zero-order valence-corrected chi connectivity index (χ0v) is 15.7. The lowest BCUT2D eigenvalue weighted by Gasteiger charge is -2.19. The second kappa shape index (κ2) is 6.83. The lowest BCUT2D eigenvalue weighted by atomic mass is 9.86. The van der Waals surface area contributed by atoms with Gasteiger partial charge in [0.1, 0.15) is 5.82 Å². The van der Waals surface area contributed by atoms with E-state index in [0.29, 0.717) is 22.4 Å². The van der Waals surface area contributed by atoms with Gasteiger partial charge in [-0.05, 0) is 36.1 Å². The molecule has 1 unspecified atom stereocenters. The number of rotatable bonds is 4. The fourth-order valence-electron chi connectivity index (χ4n) is 2.81. The molecule has 1 aromatic heterocycles. The minimum absolute atomic E-state index is 0.00618. The maximum absolute atomic E-state index is 12.5. The number of nitrogens with one attached hydrogen (secondary N) is 2. The molecule has 0 aliphatic carbocycles. The average Bonchev–Trinajstić information content (AvgIpc) is 3.04. The molecule has 0 spiro atoms. The number of hydrogen-bond acceptors (Lipinski definition) is 4. The van der Waals surface area contributed by atoms with Crippen molar-refractivity contribution in [3.63, 3.8) is 0 Å². The molecule has 1 amide bonds. The van der Waals surface area contributed by atoms with Crippen molar-refractivity contribution in [2.45, 2.75) is 39.2 Å². The van der Waals surface area contributed by atoms with E-state index in [9.17, 15) is 14.9 Å². The van der Waals surface area contributed by atoms with Crippen LogP contribution in [0.5, 0.6) is 0 Å². The third-order valence-electron chi connectivity index (χ3n) is 4.47. The van der Waals surface area contributed by atoms with Crippen LogP contribution in [-0.4, -0.2) is 20.8 Å². The van der Waals surface area contributed by atoms with Crippen molar-refractivity contribution in [3.8, 4) is 0 Å². The molecule has 0 saturated carbocycles. The van der Waals surface area contributed by atoms with Gasteiger partial charge < -0.3 is 10.3 Å². The number of amides is 1. The van der Waals surface area contributed by atoms with E-state index in [-0.39, 0.29) is 23.1 Å². The fourth-order valence-corrected chi connectivity index (χ4v) is 2.81. The zero-order chi connectivity index (χ0) is 19.8. The van der Waals surface area contributed by atoms with Crippen molar-refractivity contribution in [3.05, 3.63) is 69.5 Å². The second-order valence-corrected chi connectivity index (χ2v) is 7.60. The summed E-state index contributed by atoms with van der Waals surface area (Å²) in [5, 5.41) is 13.8. The Balaban J connectivity index is 1.76. The van der Waals surface area contributed by atoms with Crippen LogP contribution in [0.25, 0.3) is 11.0 Å². The summed E-state index contributed by atoms with van der Waals surface area (Å²) >= 11 is 0. The van der Waals surface area contributed by atoms with Gasteiger partial charge >= 0.3 is 0 Å². The largest absolute Gasteiger partial charge is 0.342 e. The summed E-state index contributed by atoms with van der Waals surface area (Å²) in [4.78, 5) is 30.4. The fraction of sp³-hybridized carbons (Fsp3) is 0.300. The van der Waals surface area contributed by atoms with E-state index in [4.69, 9.17) is 0 Å². The molecule has 0 fully saturated rings. The SMILES string of the molecule is CC(NC(=O)c1ccc(C(C)(C)C)cc1)c1nc2ccc([N+](=O)[O-])cc2[nH]1. The van der Waals surface area contributed by atoms with Crippen LogP contribution in [-0.2, 0) is 5.41 Å². The van der Waals surface area contributed by atoms with E-state index in [2.05, 4.69) is 36.1 Å². The molecule has 3 aromatic rings. The topological polar surface area (TPSA) is 101 Å². The van der Waals surface area contributed by atoms with Crippen LogP contribution in [0.15, 0.2) is 42.5 Å². The second-order valence-electron chi connectivity index (χ2n) is 7.60. The summed E-state index contributed by atoms with van der Waals surface area (Å²) in [5.74, 6) is 0.347. The lowest BCUT2D eigenvalue weighted by Crippen LogP contribution is -2.27. The molecular weight excluding hydrogens is 344 g/mol. The van der Waals surface area contributed by atoms with Gasteiger partial charge in [-0.3, -0.25) is 14.9 Å². The van der Waals surface area contributed by atoms with Crippen molar-refractivity contribution in [2.24, 2.45) is 0 Å². The van der Waals surface area contributed by atoms with Crippen molar-refractivity contribution in [2.75, 3.05) is 0 Å². The molecule has 27 heavy (non-hydrogen) atoms. The first-order chi connectivity index (χ1) is 12.6. The summed E-state index contributed by atoms with van der Waals surface area (Å²) in [5.41, 5.74) is 2.93. The van der Waals surface area contributed by atoms with Crippen molar-refractivity contribution in [1.29, 1.82) is 0 Å². The molecule has 1 atom stereocenters. The van der Waals surface area contributed by atoms with Crippen molar-refractivity contribution < 1.29 is 9.72 Å². The van der Waals surface area contributed by atoms with Crippen LogP contribution in [0.1, 0.15) is 55.5 Å². The van der Waals surface area contributed by atoms with Gasteiger partial charge in [-0.25, -0.2) is 4.98 Å². The first-order valence-corrected chi connectivity index (χ1v) is 8.70. The molecule has 0 aliphatic heterocycles. The number of nitrogens with zero attached hydrogens (tertiary/aromatic N) is 2. The molecular formula is C20H22N4O3. The molecule has 3 rings (SSSR count). The van der Waals surface area contributed by atoms with Gasteiger partial charge in [0.25, 0.3) is 11.6 Å². The number of imidazole rings is 1. The maximum Gasteiger partial charge on any atom is 0.271 e. The van der Waals surface area contributed by atoms with Crippen molar-refractivity contribution in [1.82, 2.24) is 15.3 Å². The summed E-state index contributed by atoms with van der Waals surface area (Å²) in [6, 6.07) is 11.6. The van der Waals surface area contributed by atoms with Gasteiger partial charge in [0.05, 0.1) is 22.0 Å². The standard InChI is InChI=1S/C20H22N4O3/c1-12(18-22-16-10-9-15(24(26)27)11-17(16)23-18)21-19(25)13-5-7-14(8-6-13)20(2,3)4/h5-12H,1-4H3,(H,21,25)(H,22,23). The van der Waals surface area contributed by atoms with E-state index < -0.39 is 4.92 Å². The molecule has 140 valence electrons. The number of nitro groups is 1.